The van der Waals surface area contributed by atoms with Crippen LogP contribution in [0.2, 0.25) is 5.02 Å². The Labute approximate surface area is 170 Å². The highest BCUT2D eigenvalue weighted by Crippen LogP contribution is 2.19. The van der Waals surface area contributed by atoms with Crippen LogP contribution in [0.3, 0.4) is 0 Å². The molecule has 3 rings (SSSR count). The van der Waals surface area contributed by atoms with Crippen molar-refractivity contribution in [3.63, 3.8) is 0 Å². The zero-order chi connectivity index (χ0) is 20.6. The number of carbonyl (C=O) groups excluding carboxylic acids is 1. The Morgan fingerprint density at radius 3 is 2.55 bits per heavy atom. The summed E-state index contributed by atoms with van der Waals surface area (Å²) >= 11 is 5.81. The lowest BCUT2D eigenvalue weighted by molar-refractivity contribution is -0.384. The van der Waals surface area contributed by atoms with E-state index in [0.29, 0.717) is 22.3 Å². The van der Waals surface area contributed by atoms with E-state index in [-0.39, 0.29) is 24.6 Å². The second-order valence-corrected chi connectivity index (χ2v) is 6.38. The Morgan fingerprint density at radius 1 is 1.14 bits per heavy atom. The van der Waals surface area contributed by atoms with Gasteiger partial charge in [-0.25, -0.2) is 5.43 Å². The number of nitrogens with zero attached hydrogens (tertiary/aromatic N) is 2. The fourth-order valence-corrected chi connectivity index (χ4v) is 2.48. The summed E-state index contributed by atoms with van der Waals surface area (Å²) in [5.74, 6) is 1.20. The molecule has 1 N–H and O–H groups in total. The van der Waals surface area contributed by atoms with E-state index >= 15 is 0 Å². The van der Waals surface area contributed by atoms with Crippen LogP contribution in [-0.2, 0) is 17.8 Å². The smallest absolute Gasteiger partial charge is 0.269 e. The first kappa shape index (κ1) is 20.1. The van der Waals surface area contributed by atoms with Gasteiger partial charge in [0.2, 0.25) is 5.91 Å². The molecule has 148 valence electrons. The summed E-state index contributed by atoms with van der Waals surface area (Å²) in [6.07, 6.45) is 1.57. The molecule has 8 nitrogen and oxygen atoms in total. The van der Waals surface area contributed by atoms with Gasteiger partial charge < -0.3 is 9.15 Å². The molecule has 0 bridgehead atoms. The van der Waals surface area contributed by atoms with Gasteiger partial charge in [0.1, 0.15) is 23.9 Å². The van der Waals surface area contributed by atoms with Crippen LogP contribution in [0.5, 0.6) is 5.75 Å². The largest absolute Gasteiger partial charge is 0.486 e. The molecule has 0 spiro atoms. The predicted octanol–water partition coefficient (Wildman–Crippen LogP) is 4.11. The van der Waals surface area contributed by atoms with Crippen LogP contribution in [0.15, 0.2) is 70.2 Å². The standard InChI is InChI=1S/C20H16ClN3O5/c21-15-3-1-14(2-4-15)11-20(25)23-22-12-18-9-10-19(29-18)13-28-17-7-5-16(6-8-17)24(26)27/h1-10,12H,11,13H2,(H,23,25)/b22-12-. The van der Waals surface area contributed by atoms with Gasteiger partial charge in [-0.05, 0) is 42.0 Å². The van der Waals surface area contributed by atoms with E-state index in [4.69, 9.17) is 20.8 Å². The van der Waals surface area contributed by atoms with Crippen molar-refractivity contribution >= 4 is 29.4 Å². The molecule has 0 fully saturated rings. The lowest BCUT2D eigenvalue weighted by Crippen LogP contribution is -2.19. The number of halogens is 1. The van der Waals surface area contributed by atoms with E-state index < -0.39 is 4.92 Å². The summed E-state index contributed by atoms with van der Waals surface area (Å²) in [5.41, 5.74) is 3.24. The predicted molar refractivity (Wildman–Crippen MR) is 107 cm³/mol. The maximum atomic E-state index is 11.9. The molecule has 0 atom stereocenters. The summed E-state index contributed by atoms with van der Waals surface area (Å²) in [7, 11) is 0. The lowest BCUT2D eigenvalue weighted by Gasteiger charge is -2.03. The summed E-state index contributed by atoms with van der Waals surface area (Å²) in [6, 6.07) is 16.1. The van der Waals surface area contributed by atoms with Crippen molar-refractivity contribution in [2.75, 3.05) is 0 Å². The zero-order valence-electron chi connectivity index (χ0n) is 15.1. The third kappa shape index (κ3) is 6.18. The van der Waals surface area contributed by atoms with Crippen LogP contribution in [0.25, 0.3) is 0 Å². The second-order valence-electron chi connectivity index (χ2n) is 5.94. The van der Waals surface area contributed by atoms with E-state index in [2.05, 4.69) is 10.5 Å². The highest BCUT2D eigenvalue weighted by atomic mass is 35.5. The van der Waals surface area contributed by atoms with Gasteiger partial charge in [-0.3, -0.25) is 14.9 Å². The molecule has 0 radical (unpaired) electrons. The van der Waals surface area contributed by atoms with E-state index in [9.17, 15) is 14.9 Å². The monoisotopic (exact) mass is 413 g/mol. The number of ether oxygens (including phenoxy) is 1. The first-order valence-corrected chi connectivity index (χ1v) is 8.90. The van der Waals surface area contributed by atoms with Crippen molar-refractivity contribution in [3.8, 4) is 5.75 Å². The van der Waals surface area contributed by atoms with Crippen LogP contribution in [-0.4, -0.2) is 17.0 Å². The lowest BCUT2D eigenvalue weighted by atomic mass is 10.1. The van der Waals surface area contributed by atoms with Gasteiger partial charge in [0, 0.05) is 17.2 Å². The van der Waals surface area contributed by atoms with Gasteiger partial charge in [-0.15, -0.1) is 0 Å². The number of nitro groups is 1. The van der Waals surface area contributed by atoms with Crippen LogP contribution in [0, 0.1) is 10.1 Å². The SMILES string of the molecule is O=C(Cc1ccc(Cl)cc1)N/N=C\c1ccc(COc2ccc([N+](=O)[O-])cc2)o1. The molecule has 1 aromatic heterocycles. The third-order valence-electron chi connectivity index (χ3n) is 3.77. The number of amides is 1. The molecular formula is C20H16ClN3O5. The Hall–Kier alpha value is -3.65. The van der Waals surface area contributed by atoms with Gasteiger partial charge in [0.05, 0.1) is 17.6 Å². The maximum Gasteiger partial charge on any atom is 0.269 e. The molecular weight excluding hydrogens is 398 g/mol. The Balaban J connectivity index is 1.46. The number of furan rings is 1. The summed E-state index contributed by atoms with van der Waals surface area (Å²) in [6.45, 7) is 0.147. The molecule has 1 heterocycles. The first-order valence-electron chi connectivity index (χ1n) is 8.52. The molecule has 0 unspecified atom stereocenters. The summed E-state index contributed by atoms with van der Waals surface area (Å²) in [4.78, 5) is 22.0. The van der Waals surface area contributed by atoms with Gasteiger partial charge >= 0.3 is 0 Å². The van der Waals surface area contributed by atoms with Crippen molar-refractivity contribution in [3.05, 3.63) is 92.9 Å². The highest BCUT2D eigenvalue weighted by molar-refractivity contribution is 6.30. The van der Waals surface area contributed by atoms with Gasteiger partial charge in [-0.1, -0.05) is 23.7 Å². The molecule has 29 heavy (non-hydrogen) atoms. The van der Waals surface area contributed by atoms with E-state index in [1.54, 1.807) is 36.4 Å². The molecule has 0 saturated heterocycles. The van der Waals surface area contributed by atoms with Crippen LogP contribution in [0.4, 0.5) is 5.69 Å². The molecule has 3 aromatic rings. The zero-order valence-corrected chi connectivity index (χ0v) is 15.8. The number of rotatable bonds is 8. The third-order valence-corrected chi connectivity index (χ3v) is 4.02. The van der Waals surface area contributed by atoms with Gasteiger partial charge in [-0.2, -0.15) is 5.10 Å². The summed E-state index contributed by atoms with van der Waals surface area (Å²) < 4.78 is 11.0. The minimum absolute atomic E-state index is 0.00745. The molecule has 0 saturated carbocycles. The minimum atomic E-state index is -0.476. The Morgan fingerprint density at radius 2 is 1.86 bits per heavy atom. The van der Waals surface area contributed by atoms with Crippen molar-refractivity contribution in [2.45, 2.75) is 13.0 Å². The number of hydrogen-bond acceptors (Lipinski definition) is 6. The average molecular weight is 414 g/mol. The molecule has 1 amide bonds. The number of non-ortho nitro benzene ring substituents is 1. The van der Waals surface area contributed by atoms with Crippen molar-refractivity contribution in [1.29, 1.82) is 0 Å². The van der Waals surface area contributed by atoms with Crippen molar-refractivity contribution in [2.24, 2.45) is 5.10 Å². The van der Waals surface area contributed by atoms with Gasteiger partial charge in [0.15, 0.2) is 0 Å². The Bertz CT molecular complexity index is 1010. The molecule has 9 heteroatoms. The van der Waals surface area contributed by atoms with Gasteiger partial charge in [0.25, 0.3) is 5.69 Å². The quantitative estimate of drug-likeness (QED) is 0.339. The van der Waals surface area contributed by atoms with Crippen molar-refractivity contribution < 1.29 is 18.9 Å². The topological polar surface area (TPSA) is 107 Å². The van der Waals surface area contributed by atoms with E-state index in [1.165, 1.54) is 30.5 Å². The highest BCUT2D eigenvalue weighted by Gasteiger charge is 2.06. The second kappa shape index (κ2) is 9.52. The number of benzene rings is 2. The van der Waals surface area contributed by atoms with Crippen LogP contribution < -0.4 is 10.2 Å². The average Bonchev–Trinajstić information content (AvgIpc) is 3.16. The number of hydrazone groups is 1. The number of carbonyl (C=O) groups is 1. The fraction of sp³-hybridized carbons (Fsp3) is 0.100. The number of hydrogen-bond donors (Lipinski definition) is 1. The molecule has 0 aliphatic rings. The normalized spacial score (nSPS) is 10.8. The molecule has 0 aliphatic carbocycles. The van der Waals surface area contributed by atoms with E-state index in [1.807, 2.05) is 0 Å². The minimum Gasteiger partial charge on any atom is -0.486 e. The fourth-order valence-electron chi connectivity index (χ4n) is 2.36. The van der Waals surface area contributed by atoms with Crippen molar-refractivity contribution in [1.82, 2.24) is 5.43 Å². The van der Waals surface area contributed by atoms with Crippen LogP contribution >= 0.6 is 11.6 Å². The molecule has 0 aliphatic heterocycles. The summed E-state index contributed by atoms with van der Waals surface area (Å²) in [5, 5.41) is 15.1. The Kier molecular flexibility index (Phi) is 6.59. The van der Waals surface area contributed by atoms with E-state index in [0.717, 1.165) is 5.56 Å². The number of nitrogens with one attached hydrogen (secondary N) is 1. The first-order chi connectivity index (χ1) is 14.0. The van der Waals surface area contributed by atoms with Crippen LogP contribution in [0.1, 0.15) is 17.1 Å². The number of nitro benzene ring substituents is 1. The molecule has 2 aromatic carbocycles. The maximum absolute atomic E-state index is 11.9.